The number of aryl methyl sites for hydroxylation is 1. The molecule has 0 fully saturated rings. The van der Waals surface area contributed by atoms with Gasteiger partial charge in [-0.1, -0.05) is 20.8 Å². The van der Waals surface area contributed by atoms with Crippen molar-refractivity contribution in [3.8, 4) is 0 Å². The van der Waals surface area contributed by atoms with Crippen molar-refractivity contribution in [1.29, 1.82) is 0 Å². The van der Waals surface area contributed by atoms with E-state index >= 15 is 0 Å². The van der Waals surface area contributed by atoms with Gasteiger partial charge in [0.15, 0.2) is 0 Å². The second-order valence-corrected chi connectivity index (χ2v) is 6.37. The van der Waals surface area contributed by atoms with Crippen molar-refractivity contribution in [2.45, 2.75) is 39.7 Å². The van der Waals surface area contributed by atoms with Gasteiger partial charge in [0.1, 0.15) is 5.82 Å². The van der Waals surface area contributed by atoms with Crippen molar-refractivity contribution in [1.82, 2.24) is 0 Å². The summed E-state index contributed by atoms with van der Waals surface area (Å²) in [7, 11) is 0. The molecule has 2 amide bonds. The summed E-state index contributed by atoms with van der Waals surface area (Å²) in [4.78, 5) is 23.4. The fraction of sp³-hybridized carbons (Fsp3) is 0.467. The first-order valence-corrected chi connectivity index (χ1v) is 6.87. The van der Waals surface area contributed by atoms with Crippen LogP contribution in [0.15, 0.2) is 12.1 Å². The fourth-order valence-electron chi connectivity index (χ4n) is 2.10. The van der Waals surface area contributed by atoms with Gasteiger partial charge in [-0.2, -0.15) is 0 Å². The third kappa shape index (κ3) is 3.39. The van der Waals surface area contributed by atoms with E-state index in [1.165, 1.54) is 12.1 Å². The summed E-state index contributed by atoms with van der Waals surface area (Å²) in [6.07, 6.45) is 0.834. The molecule has 1 unspecified atom stereocenters. The van der Waals surface area contributed by atoms with Gasteiger partial charge >= 0.3 is 0 Å². The maximum atomic E-state index is 14.0. The Balaban J connectivity index is 2.23. The van der Waals surface area contributed by atoms with E-state index in [9.17, 15) is 14.0 Å². The summed E-state index contributed by atoms with van der Waals surface area (Å²) < 4.78 is 14.0. The van der Waals surface area contributed by atoms with E-state index < -0.39 is 23.2 Å². The van der Waals surface area contributed by atoms with Gasteiger partial charge in [-0.15, -0.1) is 0 Å². The van der Waals surface area contributed by atoms with Crippen LogP contribution >= 0.6 is 0 Å². The summed E-state index contributed by atoms with van der Waals surface area (Å²) in [5, 5.41) is 5.16. The summed E-state index contributed by atoms with van der Waals surface area (Å²) >= 11 is 0. The molecule has 6 heteroatoms. The topological polar surface area (TPSA) is 84.2 Å². The van der Waals surface area contributed by atoms with Crippen molar-refractivity contribution in [2.24, 2.45) is 11.1 Å². The molecular formula is C15H20FN3O2. The van der Waals surface area contributed by atoms with Crippen molar-refractivity contribution in [2.75, 3.05) is 10.6 Å². The van der Waals surface area contributed by atoms with Gasteiger partial charge in [0.2, 0.25) is 11.8 Å². The van der Waals surface area contributed by atoms with Gasteiger partial charge in [-0.3, -0.25) is 9.59 Å². The predicted octanol–water partition coefficient (Wildman–Crippen LogP) is 2.02. The van der Waals surface area contributed by atoms with Crippen LogP contribution in [0.4, 0.5) is 15.8 Å². The normalized spacial score (nSPS) is 16.0. The first-order valence-electron chi connectivity index (χ1n) is 6.87. The number of nitrogens with one attached hydrogen (secondary N) is 2. The van der Waals surface area contributed by atoms with Gasteiger partial charge in [0, 0.05) is 12.1 Å². The highest BCUT2D eigenvalue weighted by Crippen LogP contribution is 2.29. The summed E-state index contributed by atoms with van der Waals surface area (Å²) in [6.45, 7) is 5.50. The van der Waals surface area contributed by atoms with Gasteiger partial charge in [-0.25, -0.2) is 4.39 Å². The Labute approximate surface area is 123 Å². The molecule has 1 aromatic rings. The number of rotatable bonds is 2. The Morgan fingerprint density at radius 1 is 1.38 bits per heavy atom. The lowest BCUT2D eigenvalue weighted by atomic mass is 9.87. The third-order valence-electron chi connectivity index (χ3n) is 3.56. The van der Waals surface area contributed by atoms with E-state index in [0.717, 1.165) is 5.56 Å². The molecule has 0 spiro atoms. The van der Waals surface area contributed by atoms with Crippen LogP contribution in [0, 0.1) is 11.2 Å². The molecule has 1 aliphatic heterocycles. The number of halogens is 1. The first-order chi connectivity index (χ1) is 9.68. The summed E-state index contributed by atoms with van der Waals surface area (Å²) in [6, 6.07) is 2.02. The smallest absolute Gasteiger partial charge is 0.241 e. The zero-order valence-electron chi connectivity index (χ0n) is 12.4. The number of carbonyl (C=O) groups excluding carboxylic acids is 2. The van der Waals surface area contributed by atoms with E-state index in [1.54, 1.807) is 0 Å². The standard InChI is InChI=1S/C15H20FN3O2/c1-15(2,3)13(17)14(21)19-11-7-10-8(6-9(11)16)4-5-12(20)18-10/h6-7,13H,4-5,17H2,1-3H3,(H,18,20)(H,19,21). The van der Waals surface area contributed by atoms with Gasteiger partial charge in [0.05, 0.1) is 11.7 Å². The van der Waals surface area contributed by atoms with Crippen LogP contribution in [0.2, 0.25) is 0 Å². The zero-order valence-corrected chi connectivity index (χ0v) is 12.4. The molecule has 0 bridgehead atoms. The number of fused-ring (bicyclic) bond motifs is 1. The molecule has 4 N–H and O–H groups in total. The molecule has 0 aromatic heterocycles. The molecule has 1 aromatic carbocycles. The average Bonchev–Trinajstić information content (AvgIpc) is 2.38. The van der Waals surface area contributed by atoms with Crippen LogP contribution in [-0.4, -0.2) is 17.9 Å². The van der Waals surface area contributed by atoms with Gasteiger partial charge in [0.25, 0.3) is 0 Å². The largest absolute Gasteiger partial charge is 0.326 e. The SMILES string of the molecule is CC(C)(C)C(N)C(=O)Nc1cc2c(cc1F)CCC(=O)N2. The van der Waals surface area contributed by atoms with Crippen LogP contribution in [-0.2, 0) is 16.0 Å². The third-order valence-corrected chi connectivity index (χ3v) is 3.56. The van der Waals surface area contributed by atoms with Crippen molar-refractivity contribution in [3.05, 3.63) is 23.5 Å². The Morgan fingerprint density at radius 3 is 2.67 bits per heavy atom. The Hall–Kier alpha value is -1.95. The molecule has 5 nitrogen and oxygen atoms in total. The highest BCUT2D eigenvalue weighted by atomic mass is 19.1. The number of hydrogen-bond acceptors (Lipinski definition) is 3. The molecule has 0 saturated heterocycles. The quantitative estimate of drug-likeness (QED) is 0.780. The molecule has 0 saturated carbocycles. The van der Waals surface area contributed by atoms with E-state index in [2.05, 4.69) is 10.6 Å². The van der Waals surface area contributed by atoms with Crippen molar-refractivity contribution < 1.29 is 14.0 Å². The van der Waals surface area contributed by atoms with Crippen molar-refractivity contribution >= 4 is 23.2 Å². The van der Waals surface area contributed by atoms with Crippen LogP contribution in [0.3, 0.4) is 0 Å². The number of amides is 2. The predicted molar refractivity (Wildman–Crippen MR) is 79.4 cm³/mol. The molecule has 21 heavy (non-hydrogen) atoms. The highest BCUT2D eigenvalue weighted by Gasteiger charge is 2.28. The van der Waals surface area contributed by atoms with Crippen LogP contribution < -0.4 is 16.4 Å². The van der Waals surface area contributed by atoms with Gasteiger partial charge in [-0.05, 0) is 29.5 Å². The number of nitrogens with two attached hydrogens (primary N) is 1. The van der Waals surface area contributed by atoms with Crippen molar-refractivity contribution in [3.63, 3.8) is 0 Å². The number of carbonyl (C=O) groups is 2. The molecular weight excluding hydrogens is 273 g/mol. The first kappa shape index (κ1) is 15.4. The summed E-state index contributed by atoms with van der Waals surface area (Å²) in [5.74, 6) is -1.10. The van der Waals surface area contributed by atoms with E-state index in [4.69, 9.17) is 5.73 Å². The van der Waals surface area contributed by atoms with E-state index in [0.29, 0.717) is 18.5 Å². The molecule has 1 aliphatic rings. The maximum absolute atomic E-state index is 14.0. The molecule has 1 heterocycles. The number of hydrogen-bond donors (Lipinski definition) is 3. The number of benzene rings is 1. The van der Waals surface area contributed by atoms with Crippen LogP contribution in [0.1, 0.15) is 32.8 Å². The Kier molecular flexibility index (Phi) is 4.00. The highest BCUT2D eigenvalue weighted by molar-refractivity contribution is 5.98. The lowest BCUT2D eigenvalue weighted by Crippen LogP contribution is -2.45. The molecule has 2 rings (SSSR count). The lowest BCUT2D eigenvalue weighted by molar-refractivity contribution is -0.119. The maximum Gasteiger partial charge on any atom is 0.241 e. The van der Waals surface area contributed by atoms with Crippen LogP contribution in [0.5, 0.6) is 0 Å². The van der Waals surface area contributed by atoms with E-state index in [-0.39, 0.29) is 11.6 Å². The minimum atomic E-state index is -0.762. The fourth-order valence-corrected chi connectivity index (χ4v) is 2.10. The monoisotopic (exact) mass is 293 g/mol. The van der Waals surface area contributed by atoms with E-state index in [1.807, 2.05) is 20.8 Å². The second kappa shape index (κ2) is 5.44. The molecule has 1 atom stereocenters. The Bertz CT molecular complexity index is 593. The number of anilines is 2. The minimum Gasteiger partial charge on any atom is -0.326 e. The Morgan fingerprint density at radius 2 is 2.05 bits per heavy atom. The second-order valence-electron chi connectivity index (χ2n) is 6.37. The minimum absolute atomic E-state index is 0.0284. The molecule has 114 valence electrons. The summed E-state index contributed by atoms with van der Waals surface area (Å²) in [5.41, 5.74) is 6.71. The van der Waals surface area contributed by atoms with Crippen LogP contribution in [0.25, 0.3) is 0 Å². The molecule has 0 radical (unpaired) electrons. The molecule has 0 aliphatic carbocycles. The zero-order chi connectivity index (χ0) is 15.8. The average molecular weight is 293 g/mol. The van der Waals surface area contributed by atoms with Gasteiger partial charge < -0.3 is 16.4 Å². The lowest BCUT2D eigenvalue weighted by Gasteiger charge is -2.26.